The van der Waals surface area contributed by atoms with Gasteiger partial charge in [-0.3, -0.25) is 5.84 Å². The summed E-state index contributed by atoms with van der Waals surface area (Å²) in [5, 5.41) is 0. The smallest absolute Gasteiger partial charge is 0.0710 e. The molecular formula is C13H13BrN2. The molecule has 1 unspecified atom stereocenters. The monoisotopic (exact) mass is 276 g/mol. The molecule has 2 rings (SSSR count). The standard InChI is InChI=1S/C13H13BrN2/c14-12-8-6-11(7-9-12)13(16-15)10-4-2-1-3-5-10/h1-9,13,16H,15H2. The third-order valence-electron chi connectivity index (χ3n) is 2.50. The third-order valence-corrected chi connectivity index (χ3v) is 3.03. The molecule has 16 heavy (non-hydrogen) atoms. The van der Waals surface area contributed by atoms with Gasteiger partial charge in [0, 0.05) is 4.47 Å². The van der Waals surface area contributed by atoms with Gasteiger partial charge in [0.05, 0.1) is 6.04 Å². The maximum atomic E-state index is 5.61. The summed E-state index contributed by atoms with van der Waals surface area (Å²) in [5.74, 6) is 5.61. The molecule has 0 spiro atoms. The van der Waals surface area contributed by atoms with Crippen LogP contribution in [0.2, 0.25) is 0 Å². The first kappa shape index (κ1) is 11.3. The van der Waals surface area contributed by atoms with Crippen LogP contribution in [0.25, 0.3) is 0 Å². The molecule has 0 saturated carbocycles. The first-order valence-electron chi connectivity index (χ1n) is 5.08. The summed E-state index contributed by atoms with van der Waals surface area (Å²) in [6.45, 7) is 0. The Hall–Kier alpha value is -1.16. The lowest BCUT2D eigenvalue weighted by Crippen LogP contribution is -2.28. The van der Waals surface area contributed by atoms with Crippen molar-refractivity contribution >= 4 is 15.9 Å². The van der Waals surface area contributed by atoms with E-state index in [1.807, 2.05) is 30.3 Å². The van der Waals surface area contributed by atoms with E-state index in [4.69, 9.17) is 5.84 Å². The molecule has 0 saturated heterocycles. The number of nitrogens with one attached hydrogen (secondary N) is 1. The van der Waals surface area contributed by atoms with Crippen molar-refractivity contribution in [2.45, 2.75) is 6.04 Å². The summed E-state index contributed by atoms with van der Waals surface area (Å²) >= 11 is 3.42. The molecule has 0 aliphatic rings. The van der Waals surface area contributed by atoms with Gasteiger partial charge in [-0.25, -0.2) is 5.43 Å². The minimum Gasteiger partial charge on any atom is -0.271 e. The highest BCUT2D eigenvalue weighted by Crippen LogP contribution is 2.22. The number of rotatable bonds is 3. The van der Waals surface area contributed by atoms with Crippen molar-refractivity contribution < 1.29 is 0 Å². The second-order valence-corrected chi connectivity index (χ2v) is 4.48. The van der Waals surface area contributed by atoms with Gasteiger partial charge in [-0.1, -0.05) is 58.4 Å². The molecule has 0 aliphatic heterocycles. The van der Waals surface area contributed by atoms with Gasteiger partial charge in [0.2, 0.25) is 0 Å². The van der Waals surface area contributed by atoms with Crippen LogP contribution in [-0.4, -0.2) is 0 Å². The van der Waals surface area contributed by atoms with Crippen molar-refractivity contribution in [1.29, 1.82) is 0 Å². The number of hydrazine groups is 1. The second kappa shape index (κ2) is 5.25. The fourth-order valence-electron chi connectivity index (χ4n) is 1.69. The van der Waals surface area contributed by atoms with Gasteiger partial charge in [0.15, 0.2) is 0 Å². The molecular weight excluding hydrogens is 264 g/mol. The molecule has 2 aromatic carbocycles. The fraction of sp³-hybridized carbons (Fsp3) is 0.0769. The lowest BCUT2D eigenvalue weighted by Gasteiger charge is -2.16. The van der Waals surface area contributed by atoms with Crippen molar-refractivity contribution in [3.8, 4) is 0 Å². The van der Waals surface area contributed by atoms with Crippen LogP contribution >= 0.6 is 15.9 Å². The Kier molecular flexibility index (Phi) is 3.72. The van der Waals surface area contributed by atoms with Crippen LogP contribution in [0.5, 0.6) is 0 Å². The van der Waals surface area contributed by atoms with Gasteiger partial charge in [0.1, 0.15) is 0 Å². The number of hydrogen-bond acceptors (Lipinski definition) is 2. The second-order valence-electron chi connectivity index (χ2n) is 3.56. The maximum absolute atomic E-state index is 5.61. The highest BCUT2D eigenvalue weighted by molar-refractivity contribution is 9.10. The van der Waals surface area contributed by atoms with Gasteiger partial charge in [0.25, 0.3) is 0 Å². The first-order valence-corrected chi connectivity index (χ1v) is 5.87. The van der Waals surface area contributed by atoms with Gasteiger partial charge < -0.3 is 0 Å². The Labute approximate surface area is 104 Å². The van der Waals surface area contributed by atoms with Gasteiger partial charge >= 0.3 is 0 Å². The Morgan fingerprint density at radius 3 is 2.00 bits per heavy atom. The molecule has 0 fully saturated rings. The van der Waals surface area contributed by atoms with E-state index in [0.717, 1.165) is 15.6 Å². The molecule has 0 radical (unpaired) electrons. The normalized spacial score (nSPS) is 12.4. The van der Waals surface area contributed by atoms with Gasteiger partial charge in [-0.2, -0.15) is 0 Å². The summed E-state index contributed by atoms with van der Waals surface area (Å²) < 4.78 is 1.07. The van der Waals surface area contributed by atoms with E-state index in [0.29, 0.717) is 0 Å². The average Bonchev–Trinajstić information content (AvgIpc) is 2.34. The largest absolute Gasteiger partial charge is 0.271 e. The minimum absolute atomic E-state index is 0.0364. The van der Waals surface area contributed by atoms with Crippen LogP contribution in [0, 0.1) is 0 Å². The van der Waals surface area contributed by atoms with E-state index in [9.17, 15) is 0 Å². The number of halogens is 1. The van der Waals surface area contributed by atoms with Crippen molar-refractivity contribution in [1.82, 2.24) is 5.43 Å². The summed E-state index contributed by atoms with van der Waals surface area (Å²) in [6, 6.07) is 18.3. The summed E-state index contributed by atoms with van der Waals surface area (Å²) in [4.78, 5) is 0. The molecule has 0 amide bonds. The SMILES string of the molecule is NNC(c1ccccc1)c1ccc(Br)cc1. The van der Waals surface area contributed by atoms with E-state index in [1.165, 1.54) is 0 Å². The molecule has 0 aromatic heterocycles. The van der Waals surface area contributed by atoms with Crippen LogP contribution in [0.1, 0.15) is 17.2 Å². The van der Waals surface area contributed by atoms with Crippen LogP contribution in [0.4, 0.5) is 0 Å². The zero-order chi connectivity index (χ0) is 11.4. The van der Waals surface area contributed by atoms with Crippen LogP contribution in [0.15, 0.2) is 59.1 Å². The molecule has 1 atom stereocenters. The maximum Gasteiger partial charge on any atom is 0.0710 e. The van der Waals surface area contributed by atoms with E-state index in [1.54, 1.807) is 0 Å². The van der Waals surface area contributed by atoms with Crippen LogP contribution in [-0.2, 0) is 0 Å². The average molecular weight is 277 g/mol. The van der Waals surface area contributed by atoms with Crippen LogP contribution in [0.3, 0.4) is 0 Å². The van der Waals surface area contributed by atoms with E-state index >= 15 is 0 Å². The van der Waals surface area contributed by atoms with Crippen molar-refractivity contribution in [2.75, 3.05) is 0 Å². The summed E-state index contributed by atoms with van der Waals surface area (Å²) in [7, 11) is 0. The molecule has 2 nitrogen and oxygen atoms in total. The molecule has 82 valence electrons. The zero-order valence-electron chi connectivity index (χ0n) is 8.73. The van der Waals surface area contributed by atoms with Crippen molar-refractivity contribution in [2.24, 2.45) is 5.84 Å². The number of benzene rings is 2. The Morgan fingerprint density at radius 2 is 1.44 bits per heavy atom. The topological polar surface area (TPSA) is 38.0 Å². The lowest BCUT2D eigenvalue weighted by atomic mass is 10.00. The Morgan fingerprint density at radius 1 is 0.875 bits per heavy atom. The molecule has 2 aromatic rings. The summed E-state index contributed by atoms with van der Waals surface area (Å²) in [6.07, 6.45) is 0. The highest BCUT2D eigenvalue weighted by Gasteiger charge is 2.10. The fourth-order valence-corrected chi connectivity index (χ4v) is 1.95. The minimum atomic E-state index is 0.0364. The van der Waals surface area contributed by atoms with E-state index < -0.39 is 0 Å². The number of hydrogen-bond donors (Lipinski definition) is 2. The summed E-state index contributed by atoms with van der Waals surface area (Å²) in [5.41, 5.74) is 5.15. The highest BCUT2D eigenvalue weighted by atomic mass is 79.9. The Bertz CT molecular complexity index is 439. The Balaban J connectivity index is 2.33. The van der Waals surface area contributed by atoms with Crippen molar-refractivity contribution in [3.63, 3.8) is 0 Å². The van der Waals surface area contributed by atoms with Gasteiger partial charge in [-0.15, -0.1) is 0 Å². The predicted octanol–water partition coefficient (Wildman–Crippen LogP) is 3.00. The zero-order valence-corrected chi connectivity index (χ0v) is 10.3. The molecule has 3 heteroatoms. The van der Waals surface area contributed by atoms with Crippen LogP contribution < -0.4 is 11.3 Å². The molecule has 3 N–H and O–H groups in total. The number of nitrogens with two attached hydrogens (primary N) is 1. The van der Waals surface area contributed by atoms with Gasteiger partial charge in [-0.05, 0) is 23.3 Å². The van der Waals surface area contributed by atoms with Crippen molar-refractivity contribution in [3.05, 3.63) is 70.2 Å². The predicted molar refractivity (Wildman–Crippen MR) is 69.8 cm³/mol. The molecule has 0 heterocycles. The third kappa shape index (κ3) is 2.50. The molecule has 0 aliphatic carbocycles. The van der Waals surface area contributed by atoms with E-state index in [-0.39, 0.29) is 6.04 Å². The first-order chi connectivity index (χ1) is 7.81. The van der Waals surface area contributed by atoms with E-state index in [2.05, 4.69) is 45.6 Å². The quantitative estimate of drug-likeness (QED) is 0.668. The molecule has 0 bridgehead atoms. The lowest BCUT2D eigenvalue weighted by molar-refractivity contribution is 0.637.